The number of benzene rings is 1. The number of amides is 2. The van der Waals surface area contributed by atoms with Crippen molar-refractivity contribution in [3.63, 3.8) is 0 Å². The van der Waals surface area contributed by atoms with Gasteiger partial charge in [-0.3, -0.25) is 14.4 Å². The Morgan fingerprint density at radius 1 is 1.39 bits per heavy atom. The van der Waals surface area contributed by atoms with Gasteiger partial charge >= 0.3 is 0 Å². The largest absolute Gasteiger partial charge is 0.503 e. The Bertz CT molecular complexity index is 1070. The molecule has 0 spiro atoms. The standard InChI is InChI=1S/C20H21ClFN3O6/c1-2-31-7-6-25-14(26)10-24-9-12(17(27)18(28)16(24)20(25)30)19(29)23-8-11-4-3-5-13(22)15(11)21/h3-5,9,14,26,28H,2,6-8,10H2,1H3,(H,23,29). The highest BCUT2D eigenvalue weighted by Gasteiger charge is 2.35. The summed E-state index contributed by atoms with van der Waals surface area (Å²) in [5, 5.41) is 22.9. The van der Waals surface area contributed by atoms with Gasteiger partial charge in [0, 0.05) is 25.9 Å². The monoisotopic (exact) mass is 453 g/mol. The van der Waals surface area contributed by atoms with Gasteiger partial charge in [0.15, 0.2) is 11.4 Å². The van der Waals surface area contributed by atoms with Crippen LogP contribution in [-0.2, 0) is 17.8 Å². The SMILES string of the molecule is CCOCCN1C(=O)c2c(O)c(=O)c(C(=O)NCc3cccc(F)c3Cl)cn2CC1O. The molecule has 0 saturated heterocycles. The third-order valence-electron chi connectivity index (χ3n) is 4.84. The molecule has 0 bridgehead atoms. The van der Waals surface area contributed by atoms with Gasteiger partial charge in [0.2, 0.25) is 5.43 Å². The molecular formula is C20H21ClFN3O6. The molecular weight excluding hydrogens is 433 g/mol. The topological polar surface area (TPSA) is 121 Å². The maximum absolute atomic E-state index is 13.5. The molecule has 0 radical (unpaired) electrons. The van der Waals surface area contributed by atoms with Crippen molar-refractivity contribution in [2.24, 2.45) is 0 Å². The zero-order valence-electron chi connectivity index (χ0n) is 16.6. The van der Waals surface area contributed by atoms with Crippen molar-refractivity contribution in [1.82, 2.24) is 14.8 Å². The molecule has 2 aromatic rings. The summed E-state index contributed by atoms with van der Waals surface area (Å²) in [5.41, 5.74) is -1.50. The quantitative estimate of drug-likeness (QED) is 0.539. The minimum atomic E-state index is -1.23. The van der Waals surface area contributed by atoms with Gasteiger partial charge in [0.25, 0.3) is 11.8 Å². The van der Waals surface area contributed by atoms with Crippen LogP contribution in [0, 0.1) is 5.82 Å². The second-order valence-electron chi connectivity index (χ2n) is 6.79. The normalized spacial score (nSPS) is 15.7. The minimum Gasteiger partial charge on any atom is -0.503 e. The predicted octanol–water partition coefficient (Wildman–Crippen LogP) is 1.09. The van der Waals surface area contributed by atoms with Crippen LogP contribution in [-0.4, -0.2) is 57.5 Å². The Balaban J connectivity index is 1.85. The Morgan fingerprint density at radius 2 is 2.13 bits per heavy atom. The molecule has 166 valence electrons. The summed E-state index contributed by atoms with van der Waals surface area (Å²) >= 11 is 5.85. The van der Waals surface area contributed by atoms with Crippen molar-refractivity contribution in [2.75, 3.05) is 19.8 Å². The number of fused-ring (bicyclic) bond motifs is 1. The molecule has 1 atom stereocenters. The molecule has 9 nitrogen and oxygen atoms in total. The van der Waals surface area contributed by atoms with Gasteiger partial charge in [-0.1, -0.05) is 23.7 Å². The van der Waals surface area contributed by atoms with Crippen molar-refractivity contribution in [2.45, 2.75) is 26.2 Å². The summed E-state index contributed by atoms with van der Waals surface area (Å²) in [4.78, 5) is 38.8. The number of aliphatic hydroxyl groups excluding tert-OH is 1. The van der Waals surface area contributed by atoms with Crippen LogP contribution in [0.1, 0.15) is 33.3 Å². The Hall–Kier alpha value is -2.95. The molecule has 1 unspecified atom stereocenters. The maximum atomic E-state index is 13.5. The smallest absolute Gasteiger partial charge is 0.276 e. The lowest BCUT2D eigenvalue weighted by Crippen LogP contribution is -2.50. The van der Waals surface area contributed by atoms with E-state index in [1.807, 2.05) is 0 Å². The van der Waals surface area contributed by atoms with Crippen LogP contribution in [0.25, 0.3) is 0 Å². The van der Waals surface area contributed by atoms with E-state index in [0.29, 0.717) is 12.2 Å². The Morgan fingerprint density at radius 3 is 2.84 bits per heavy atom. The summed E-state index contributed by atoms with van der Waals surface area (Å²) in [5.74, 6) is -3.15. The van der Waals surface area contributed by atoms with E-state index >= 15 is 0 Å². The number of aromatic hydroxyl groups is 1. The number of hydrogen-bond donors (Lipinski definition) is 3. The average Bonchev–Trinajstić information content (AvgIpc) is 2.73. The number of halogens is 2. The van der Waals surface area contributed by atoms with Gasteiger partial charge in [0.05, 0.1) is 18.2 Å². The molecule has 1 aromatic heterocycles. The molecule has 3 rings (SSSR count). The van der Waals surface area contributed by atoms with Gasteiger partial charge in [0.1, 0.15) is 17.6 Å². The summed E-state index contributed by atoms with van der Waals surface area (Å²) < 4.78 is 19.9. The minimum absolute atomic E-state index is 0.0676. The van der Waals surface area contributed by atoms with Crippen molar-refractivity contribution in [1.29, 1.82) is 0 Å². The predicted molar refractivity (Wildman–Crippen MR) is 108 cm³/mol. The van der Waals surface area contributed by atoms with E-state index in [-0.39, 0.29) is 37.0 Å². The van der Waals surface area contributed by atoms with Gasteiger partial charge in [-0.2, -0.15) is 0 Å². The van der Waals surface area contributed by atoms with E-state index in [9.17, 15) is 29.0 Å². The fraction of sp³-hybridized carbons (Fsp3) is 0.350. The number of aromatic nitrogens is 1. The Labute approximate surface area is 181 Å². The maximum Gasteiger partial charge on any atom is 0.276 e. The number of aliphatic hydroxyl groups is 1. The number of carbonyl (C=O) groups excluding carboxylic acids is 2. The molecule has 31 heavy (non-hydrogen) atoms. The molecule has 1 aliphatic heterocycles. The summed E-state index contributed by atoms with van der Waals surface area (Å²) in [6.45, 7) is 2.13. The average molecular weight is 454 g/mol. The molecule has 2 heterocycles. The van der Waals surface area contributed by atoms with E-state index in [1.54, 1.807) is 6.92 Å². The number of nitrogens with one attached hydrogen (secondary N) is 1. The molecule has 1 aromatic carbocycles. The molecule has 1 aliphatic rings. The number of rotatable bonds is 7. The van der Waals surface area contributed by atoms with E-state index < -0.39 is 40.6 Å². The highest BCUT2D eigenvalue weighted by atomic mass is 35.5. The number of ether oxygens (including phenoxy) is 1. The summed E-state index contributed by atoms with van der Waals surface area (Å²) in [6.07, 6.45) is -0.134. The highest BCUT2D eigenvalue weighted by molar-refractivity contribution is 6.31. The lowest BCUT2D eigenvalue weighted by molar-refractivity contribution is -0.0231. The first-order valence-electron chi connectivity index (χ1n) is 9.50. The lowest BCUT2D eigenvalue weighted by Gasteiger charge is -2.34. The molecule has 11 heteroatoms. The van der Waals surface area contributed by atoms with Crippen LogP contribution in [0.2, 0.25) is 5.02 Å². The first-order valence-corrected chi connectivity index (χ1v) is 9.88. The van der Waals surface area contributed by atoms with E-state index in [2.05, 4.69) is 5.32 Å². The van der Waals surface area contributed by atoms with Crippen LogP contribution in [0.3, 0.4) is 0 Å². The molecule has 3 N–H and O–H groups in total. The third-order valence-corrected chi connectivity index (χ3v) is 5.26. The zero-order chi connectivity index (χ0) is 22.7. The number of nitrogens with zero attached hydrogens (tertiary/aromatic N) is 2. The van der Waals surface area contributed by atoms with Gasteiger partial charge in [-0.05, 0) is 18.6 Å². The number of carbonyl (C=O) groups is 2. The first-order chi connectivity index (χ1) is 14.8. The first kappa shape index (κ1) is 22.7. The third kappa shape index (κ3) is 4.55. The van der Waals surface area contributed by atoms with Crippen LogP contribution in [0.4, 0.5) is 4.39 Å². The Kier molecular flexibility index (Phi) is 6.94. The van der Waals surface area contributed by atoms with E-state index in [1.165, 1.54) is 18.2 Å². The summed E-state index contributed by atoms with van der Waals surface area (Å²) in [6, 6.07) is 4.10. The van der Waals surface area contributed by atoms with E-state index in [0.717, 1.165) is 15.7 Å². The molecule has 0 fully saturated rings. The molecule has 0 aliphatic carbocycles. The highest BCUT2D eigenvalue weighted by Crippen LogP contribution is 2.23. The van der Waals surface area contributed by atoms with Gasteiger partial charge in [-0.25, -0.2) is 4.39 Å². The second kappa shape index (κ2) is 9.46. The van der Waals surface area contributed by atoms with E-state index in [4.69, 9.17) is 16.3 Å². The van der Waals surface area contributed by atoms with Crippen molar-refractivity contribution >= 4 is 23.4 Å². The van der Waals surface area contributed by atoms with Crippen LogP contribution in [0.15, 0.2) is 29.2 Å². The summed E-state index contributed by atoms with van der Waals surface area (Å²) in [7, 11) is 0. The van der Waals surface area contributed by atoms with Crippen LogP contribution >= 0.6 is 11.6 Å². The lowest BCUT2D eigenvalue weighted by atomic mass is 10.1. The van der Waals surface area contributed by atoms with Crippen molar-refractivity contribution in [3.05, 3.63) is 62.3 Å². The van der Waals surface area contributed by atoms with Crippen molar-refractivity contribution < 1.29 is 28.9 Å². The second-order valence-corrected chi connectivity index (χ2v) is 7.17. The van der Waals surface area contributed by atoms with Gasteiger partial charge in [-0.15, -0.1) is 0 Å². The van der Waals surface area contributed by atoms with Crippen LogP contribution < -0.4 is 10.7 Å². The number of hydrogen-bond acceptors (Lipinski definition) is 6. The fourth-order valence-corrected chi connectivity index (χ4v) is 3.43. The van der Waals surface area contributed by atoms with Crippen LogP contribution in [0.5, 0.6) is 5.75 Å². The van der Waals surface area contributed by atoms with Crippen molar-refractivity contribution in [3.8, 4) is 5.75 Å². The number of pyridine rings is 1. The zero-order valence-corrected chi connectivity index (χ0v) is 17.4. The van der Waals surface area contributed by atoms with Gasteiger partial charge < -0.3 is 29.7 Å². The fourth-order valence-electron chi connectivity index (χ4n) is 3.24. The molecule has 2 amide bonds. The molecule has 0 saturated carbocycles.